The minimum Gasteiger partial charge on any atom is -0.203 e. The second kappa shape index (κ2) is 6.18. The molecule has 0 saturated heterocycles. The van der Waals surface area contributed by atoms with Crippen molar-refractivity contribution in [2.24, 2.45) is 9.53 Å². The lowest BCUT2D eigenvalue weighted by Gasteiger charge is -2.09. The summed E-state index contributed by atoms with van der Waals surface area (Å²) >= 11 is 8.38. The molecule has 0 atom stereocenters. The molecule has 0 aromatic heterocycles. The summed E-state index contributed by atoms with van der Waals surface area (Å²) < 4.78 is 71.7. The molecule has 1 aromatic rings. The van der Waals surface area contributed by atoms with Crippen LogP contribution in [0.15, 0.2) is 9.53 Å². The van der Waals surface area contributed by atoms with Crippen LogP contribution in [0.2, 0.25) is 0 Å². The predicted octanol–water partition coefficient (Wildman–Crippen LogP) is 3.52. The van der Waals surface area contributed by atoms with Crippen LogP contribution in [0.3, 0.4) is 0 Å². The van der Waals surface area contributed by atoms with Crippen molar-refractivity contribution in [3.8, 4) is 0 Å². The number of nitrogens with zero attached hydrogens (tertiary/aromatic N) is 2. The second-order valence-corrected chi connectivity index (χ2v) is 4.38. The lowest BCUT2D eigenvalue weighted by Crippen LogP contribution is -2.18. The largest absolute Gasteiger partial charge is 0.203 e. The number of thiocarbonyl (C=S) groups is 2. The number of rotatable bonds is 3. The maximum Gasteiger partial charge on any atom is 0.200 e. The summed E-state index contributed by atoms with van der Waals surface area (Å²) in [7, 11) is -2.52. The van der Waals surface area contributed by atoms with E-state index in [-0.39, 0.29) is 0 Å². The van der Waals surface area contributed by atoms with Crippen LogP contribution >= 0.6 is 32.7 Å². The Morgan fingerprint density at radius 3 is 1.39 bits per heavy atom. The van der Waals surface area contributed by atoms with E-state index in [1.807, 2.05) is 0 Å². The van der Waals surface area contributed by atoms with Crippen molar-refractivity contribution < 1.29 is 22.0 Å². The normalized spacial score (nSPS) is 11.4. The van der Waals surface area contributed by atoms with Crippen LogP contribution in [0, 0.1) is 29.1 Å². The Morgan fingerprint density at radius 2 is 1.06 bits per heavy atom. The lowest BCUT2D eigenvalue weighted by atomic mass is 10.3. The van der Waals surface area contributed by atoms with Crippen molar-refractivity contribution in [3.63, 3.8) is 0 Å². The molecule has 0 spiro atoms. The lowest BCUT2D eigenvalue weighted by molar-refractivity contribution is 0.384. The molecular formula is C8F5N2PS2. The highest BCUT2D eigenvalue weighted by Crippen LogP contribution is 2.39. The number of hydrogen-bond donors (Lipinski definition) is 0. The number of benzene rings is 1. The fraction of sp³-hybridized carbons (Fsp3) is 0. The third kappa shape index (κ3) is 2.66. The highest BCUT2D eigenvalue weighted by molar-refractivity contribution is 7.79. The van der Waals surface area contributed by atoms with Crippen LogP contribution < -0.4 is 5.30 Å². The van der Waals surface area contributed by atoms with E-state index in [4.69, 9.17) is 0 Å². The molecule has 0 amide bonds. The van der Waals surface area contributed by atoms with Crippen LogP contribution in [-0.2, 0) is 0 Å². The summed E-state index contributed by atoms with van der Waals surface area (Å²) in [6, 6.07) is 0. The Bertz CT molecular complexity index is 549. The van der Waals surface area contributed by atoms with Crippen molar-refractivity contribution in [2.75, 3.05) is 0 Å². The summed E-state index contributed by atoms with van der Waals surface area (Å²) in [5, 5.41) is 2.29. The molecule has 0 heterocycles. The van der Waals surface area contributed by atoms with Crippen LogP contribution in [0.1, 0.15) is 0 Å². The van der Waals surface area contributed by atoms with Gasteiger partial charge in [0.15, 0.2) is 31.5 Å². The quantitative estimate of drug-likeness (QED) is 0.213. The van der Waals surface area contributed by atoms with Gasteiger partial charge in [-0.3, -0.25) is 0 Å². The summed E-state index contributed by atoms with van der Waals surface area (Å²) in [5.41, 5.74) is 0. The van der Waals surface area contributed by atoms with Crippen molar-refractivity contribution in [1.29, 1.82) is 0 Å². The van der Waals surface area contributed by atoms with Gasteiger partial charge in [-0.2, -0.15) is 9.53 Å². The average molecular weight is 314 g/mol. The fourth-order valence-corrected chi connectivity index (χ4v) is 2.38. The molecule has 0 N–H and O–H groups in total. The zero-order valence-corrected chi connectivity index (χ0v) is 10.6. The first kappa shape index (κ1) is 15.0. The topological polar surface area (TPSA) is 24.7 Å². The van der Waals surface area contributed by atoms with Crippen LogP contribution in [0.4, 0.5) is 22.0 Å². The highest BCUT2D eigenvalue weighted by atomic mass is 32.1. The molecule has 1 rings (SSSR count). The maximum absolute atomic E-state index is 13.4. The molecule has 0 bridgehead atoms. The molecule has 0 radical (unpaired) electrons. The van der Waals surface area contributed by atoms with E-state index in [0.717, 1.165) is 0 Å². The molecule has 0 aliphatic carbocycles. The summed E-state index contributed by atoms with van der Waals surface area (Å²) in [5.74, 6) is -10.5. The van der Waals surface area contributed by atoms with E-state index in [1.165, 1.54) is 0 Å². The van der Waals surface area contributed by atoms with Gasteiger partial charge in [-0.05, 0) is 24.4 Å². The highest BCUT2D eigenvalue weighted by Gasteiger charge is 2.30. The molecule has 1 aromatic carbocycles. The summed E-state index contributed by atoms with van der Waals surface area (Å²) in [6.07, 6.45) is 0. The zero-order chi connectivity index (χ0) is 13.9. The van der Waals surface area contributed by atoms with Crippen LogP contribution in [-0.4, -0.2) is 10.3 Å². The van der Waals surface area contributed by atoms with Gasteiger partial charge in [0.2, 0.25) is 5.82 Å². The van der Waals surface area contributed by atoms with Gasteiger partial charge in [-0.1, -0.05) is 0 Å². The molecule has 10 heteroatoms. The molecule has 0 aliphatic rings. The molecule has 18 heavy (non-hydrogen) atoms. The van der Waals surface area contributed by atoms with E-state index < -0.39 is 42.6 Å². The number of hydrogen-bond acceptors (Lipinski definition) is 4. The van der Waals surface area contributed by atoms with Gasteiger partial charge in [0.05, 0.1) is 15.6 Å². The van der Waals surface area contributed by atoms with E-state index in [1.54, 1.807) is 10.3 Å². The second-order valence-electron chi connectivity index (χ2n) is 2.59. The first-order chi connectivity index (χ1) is 8.45. The first-order valence-electron chi connectivity index (χ1n) is 3.92. The van der Waals surface area contributed by atoms with Gasteiger partial charge in [0, 0.05) is 0 Å². The zero-order valence-electron chi connectivity index (χ0n) is 8.05. The minimum atomic E-state index is -2.52. The van der Waals surface area contributed by atoms with E-state index in [0.29, 0.717) is 0 Å². The number of halogens is 5. The molecule has 0 fully saturated rings. The summed E-state index contributed by atoms with van der Waals surface area (Å²) in [6.45, 7) is 0. The first-order valence-corrected chi connectivity index (χ1v) is 5.99. The van der Waals surface area contributed by atoms with Crippen molar-refractivity contribution in [2.45, 2.75) is 0 Å². The standard InChI is InChI=1S/C8F5N2PS2/c9-3-4(10)6(12)8(7(13)5(3)11)16(14-1-17)15-2-18. The Balaban J connectivity index is 3.67. The molecule has 0 saturated carbocycles. The monoisotopic (exact) mass is 314 g/mol. The molecular weight excluding hydrogens is 314 g/mol. The third-order valence-corrected chi connectivity index (χ3v) is 3.48. The van der Waals surface area contributed by atoms with E-state index in [2.05, 4.69) is 34.0 Å². The maximum atomic E-state index is 13.4. The van der Waals surface area contributed by atoms with E-state index >= 15 is 0 Å². The number of isothiocyanates is 2. The Kier molecular flexibility index (Phi) is 5.14. The third-order valence-electron chi connectivity index (χ3n) is 1.66. The fourth-order valence-electron chi connectivity index (χ4n) is 0.969. The van der Waals surface area contributed by atoms with E-state index in [9.17, 15) is 22.0 Å². The molecule has 0 unspecified atom stereocenters. The van der Waals surface area contributed by atoms with Gasteiger partial charge in [0.25, 0.3) is 0 Å². The molecule has 2 nitrogen and oxygen atoms in total. The van der Waals surface area contributed by atoms with Gasteiger partial charge < -0.3 is 0 Å². The van der Waals surface area contributed by atoms with Gasteiger partial charge >= 0.3 is 0 Å². The van der Waals surface area contributed by atoms with Crippen molar-refractivity contribution in [1.82, 2.24) is 0 Å². The minimum absolute atomic E-state index is 1.20. The van der Waals surface area contributed by atoms with Gasteiger partial charge in [0.1, 0.15) is 0 Å². The van der Waals surface area contributed by atoms with Gasteiger partial charge in [-0.25, -0.2) is 22.0 Å². The van der Waals surface area contributed by atoms with Crippen molar-refractivity contribution >= 4 is 48.3 Å². The molecule has 94 valence electrons. The Labute approximate surface area is 109 Å². The molecule has 0 aliphatic heterocycles. The average Bonchev–Trinajstić information content (AvgIpc) is 2.35. The Morgan fingerprint density at radius 1 is 0.722 bits per heavy atom. The Hall–Kier alpha value is -1.10. The van der Waals surface area contributed by atoms with Crippen LogP contribution in [0.5, 0.6) is 0 Å². The smallest absolute Gasteiger partial charge is 0.200 e. The predicted molar refractivity (Wildman–Crippen MR) is 62.8 cm³/mol. The SMILES string of the molecule is Fc1c(F)c(F)c(P(N=C=S)N=C=S)c(F)c1F. The van der Waals surface area contributed by atoms with Crippen molar-refractivity contribution in [3.05, 3.63) is 29.1 Å². The van der Waals surface area contributed by atoms with Crippen LogP contribution in [0.25, 0.3) is 0 Å². The summed E-state index contributed by atoms with van der Waals surface area (Å²) in [4.78, 5) is 0. The van der Waals surface area contributed by atoms with Gasteiger partial charge in [-0.15, -0.1) is 0 Å².